The zero-order chi connectivity index (χ0) is 18.6. The zero-order valence-corrected chi connectivity index (χ0v) is 17.1. The molecule has 2 atom stereocenters. The quantitative estimate of drug-likeness (QED) is 0.693. The number of anilines is 1. The van der Waals surface area contributed by atoms with Gasteiger partial charge in [0.2, 0.25) is 0 Å². The molecule has 0 unspecified atom stereocenters. The number of para-hydroxylation sites is 1. The van der Waals surface area contributed by atoms with Crippen molar-refractivity contribution < 1.29 is 13.2 Å². The van der Waals surface area contributed by atoms with Gasteiger partial charge in [-0.05, 0) is 12.1 Å². The van der Waals surface area contributed by atoms with Crippen molar-refractivity contribution in [2.24, 2.45) is 10.4 Å². The minimum Gasteiger partial charge on any atom is -0.313 e. The van der Waals surface area contributed by atoms with Crippen molar-refractivity contribution in [1.82, 2.24) is 0 Å². The number of halogens is 2. The summed E-state index contributed by atoms with van der Waals surface area (Å²) in [6.45, 7) is 5.37. The molecular weight excluding hydrogens is 403 g/mol. The van der Waals surface area contributed by atoms with Gasteiger partial charge >= 0.3 is 0 Å². The lowest BCUT2D eigenvalue weighted by Gasteiger charge is -2.27. The van der Waals surface area contributed by atoms with Gasteiger partial charge in [0.15, 0.2) is 15.0 Å². The molecule has 5 nitrogen and oxygen atoms in total. The smallest absolute Gasteiger partial charge is 0.253 e. The van der Waals surface area contributed by atoms with Gasteiger partial charge in [0.25, 0.3) is 5.91 Å². The minimum absolute atomic E-state index is 0.00501. The fourth-order valence-electron chi connectivity index (χ4n) is 2.80. The molecule has 0 spiro atoms. The average molecular weight is 421 g/mol. The lowest BCUT2D eigenvalue weighted by Crippen LogP contribution is -2.38. The van der Waals surface area contributed by atoms with Crippen LogP contribution >= 0.6 is 35.0 Å². The Morgan fingerprint density at radius 1 is 1.24 bits per heavy atom. The first-order valence-electron chi connectivity index (χ1n) is 7.73. The Balaban J connectivity index is 2.11. The number of rotatable bonds is 1. The van der Waals surface area contributed by atoms with E-state index in [1.54, 1.807) is 43.9 Å². The van der Waals surface area contributed by atoms with E-state index in [1.165, 1.54) is 11.8 Å². The van der Waals surface area contributed by atoms with Crippen LogP contribution in [0.5, 0.6) is 0 Å². The van der Waals surface area contributed by atoms with Crippen LogP contribution in [0, 0.1) is 5.41 Å². The number of nitrogens with zero attached hydrogens (tertiary/aromatic N) is 2. The maximum absolute atomic E-state index is 12.4. The topological polar surface area (TPSA) is 66.8 Å². The number of carbonyl (C=O) groups is 1. The molecule has 0 N–H and O–H groups in total. The molecule has 0 bridgehead atoms. The molecule has 1 aromatic rings. The number of amides is 1. The Morgan fingerprint density at radius 3 is 2.40 bits per heavy atom. The molecule has 1 amide bonds. The summed E-state index contributed by atoms with van der Waals surface area (Å²) >= 11 is 14.0. The van der Waals surface area contributed by atoms with Crippen LogP contribution in [0.1, 0.15) is 20.8 Å². The number of hydrogen-bond acceptors (Lipinski definition) is 4. The van der Waals surface area contributed by atoms with Crippen molar-refractivity contribution in [3.8, 4) is 0 Å². The molecule has 0 aliphatic carbocycles. The predicted octanol–water partition coefficient (Wildman–Crippen LogP) is 3.64. The molecule has 25 heavy (non-hydrogen) atoms. The lowest BCUT2D eigenvalue weighted by atomic mass is 9.96. The molecule has 136 valence electrons. The highest BCUT2D eigenvalue weighted by Crippen LogP contribution is 2.45. The number of thioether (sulfide) groups is 1. The van der Waals surface area contributed by atoms with Crippen LogP contribution in [0.2, 0.25) is 10.0 Å². The van der Waals surface area contributed by atoms with E-state index in [1.807, 2.05) is 0 Å². The largest absolute Gasteiger partial charge is 0.313 e. The number of aliphatic imine (C=N–C) groups is 1. The Bertz CT molecular complexity index is 842. The summed E-state index contributed by atoms with van der Waals surface area (Å²) in [5.74, 6) is -0.218. The highest BCUT2D eigenvalue weighted by Gasteiger charge is 2.50. The van der Waals surface area contributed by atoms with Crippen molar-refractivity contribution in [1.29, 1.82) is 0 Å². The second kappa shape index (κ2) is 6.44. The fraction of sp³-hybridized carbons (Fsp3) is 0.500. The van der Waals surface area contributed by atoms with Gasteiger partial charge in [-0.25, -0.2) is 8.42 Å². The van der Waals surface area contributed by atoms with Crippen LogP contribution in [-0.2, 0) is 14.6 Å². The maximum Gasteiger partial charge on any atom is 0.253 e. The standard InChI is InChI=1S/C16H18Cl2N2O3S2/c1-16(2,3)14(21)19-15-20(13-9(17)5-4-6-10(13)18)11-7-25(22,23)8-12(11)24-15/h4-6,11-12H,7-8H2,1-3H3/t11-,12+/m0/s1. The van der Waals surface area contributed by atoms with Crippen molar-refractivity contribution in [2.45, 2.75) is 32.1 Å². The Labute approximate surface area is 161 Å². The van der Waals surface area contributed by atoms with Crippen LogP contribution in [0.4, 0.5) is 5.69 Å². The lowest BCUT2D eigenvalue weighted by molar-refractivity contribution is -0.124. The third-order valence-electron chi connectivity index (χ3n) is 4.08. The van der Waals surface area contributed by atoms with Gasteiger partial charge in [0, 0.05) is 10.7 Å². The Hall–Kier alpha value is -0.760. The first-order chi connectivity index (χ1) is 11.5. The molecule has 2 aliphatic heterocycles. The van der Waals surface area contributed by atoms with Crippen molar-refractivity contribution in [3.05, 3.63) is 28.2 Å². The third-order valence-corrected chi connectivity index (χ3v) is 7.90. The first-order valence-corrected chi connectivity index (χ1v) is 11.2. The molecule has 2 fully saturated rings. The number of fused-ring (bicyclic) bond motifs is 1. The van der Waals surface area contributed by atoms with E-state index in [9.17, 15) is 13.2 Å². The van der Waals surface area contributed by atoms with E-state index in [-0.39, 0.29) is 28.7 Å². The summed E-state index contributed by atoms with van der Waals surface area (Å²) in [6.07, 6.45) is 0. The molecule has 3 rings (SSSR count). The van der Waals surface area contributed by atoms with Gasteiger partial charge in [0.05, 0.1) is 33.3 Å². The van der Waals surface area contributed by atoms with E-state index in [0.29, 0.717) is 20.9 Å². The molecule has 1 aromatic carbocycles. The Morgan fingerprint density at radius 2 is 1.84 bits per heavy atom. The molecular formula is C16H18Cl2N2O3S2. The molecule has 0 aromatic heterocycles. The van der Waals surface area contributed by atoms with Gasteiger partial charge in [-0.2, -0.15) is 4.99 Å². The Kier molecular flexibility index (Phi) is 4.90. The molecule has 0 saturated carbocycles. The summed E-state index contributed by atoms with van der Waals surface area (Å²) in [6, 6.07) is 4.76. The second-order valence-electron chi connectivity index (χ2n) is 7.19. The summed E-state index contributed by atoms with van der Waals surface area (Å²) in [4.78, 5) is 18.4. The summed E-state index contributed by atoms with van der Waals surface area (Å²) in [5.41, 5.74) is -0.129. The molecule has 2 aliphatic rings. The third kappa shape index (κ3) is 3.70. The number of carbonyl (C=O) groups excluding carboxylic acids is 1. The maximum atomic E-state index is 12.4. The number of benzene rings is 1. The minimum atomic E-state index is -3.14. The van der Waals surface area contributed by atoms with Crippen LogP contribution in [-0.4, -0.2) is 42.3 Å². The average Bonchev–Trinajstić information content (AvgIpc) is 2.90. The van der Waals surface area contributed by atoms with Crippen molar-refractivity contribution in [3.63, 3.8) is 0 Å². The highest BCUT2D eigenvalue weighted by atomic mass is 35.5. The highest BCUT2D eigenvalue weighted by molar-refractivity contribution is 8.16. The number of sulfone groups is 1. The van der Waals surface area contributed by atoms with Crippen molar-refractivity contribution in [2.75, 3.05) is 16.4 Å². The van der Waals surface area contributed by atoms with Crippen LogP contribution < -0.4 is 4.90 Å². The number of amidine groups is 1. The monoisotopic (exact) mass is 420 g/mol. The second-order valence-corrected chi connectivity index (χ2v) is 11.4. The molecule has 2 saturated heterocycles. The molecule has 2 heterocycles. The van der Waals surface area contributed by atoms with E-state index in [4.69, 9.17) is 23.2 Å². The SMILES string of the molecule is CC(C)(C)C(=O)N=C1S[C@@H]2CS(=O)(=O)C[C@@H]2N1c1c(Cl)cccc1Cl. The molecule has 9 heteroatoms. The van der Waals surface area contributed by atoms with Crippen LogP contribution in [0.15, 0.2) is 23.2 Å². The zero-order valence-electron chi connectivity index (χ0n) is 14.0. The van der Waals surface area contributed by atoms with E-state index in [0.717, 1.165) is 0 Å². The normalized spacial score (nSPS) is 26.9. The van der Waals surface area contributed by atoms with E-state index >= 15 is 0 Å². The van der Waals surface area contributed by atoms with Gasteiger partial charge in [-0.15, -0.1) is 0 Å². The fourth-order valence-corrected chi connectivity index (χ4v) is 7.28. The summed E-state index contributed by atoms with van der Waals surface area (Å²) < 4.78 is 24.1. The van der Waals surface area contributed by atoms with Crippen LogP contribution in [0.25, 0.3) is 0 Å². The predicted molar refractivity (Wildman–Crippen MR) is 105 cm³/mol. The molecule has 0 radical (unpaired) electrons. The van der Waals surface area contributed by atoms with E-state index < -0.39 is 15.3 Å². The van der Waals surface area contributed by atoms with Crippen LogP contribution in [0.3, 0.4) is 0 Å². The number of hydrogen-bond donors (Lipinski definition) is 0. The van der Waals surface area contributed by atoms with Crippen molar-refractivity contribution >= 4 is 61.6 Å². The van der Waals surface area contributed by atoms with Gasteiger partial charge < -0.3 is 4.90 Å². The van der Waals surface area contributed by atoms with Gasteiger partial charge in [0.1, 0.15) is 0 Å². The van der Waals surface area contributed by atoms with Gasteiger partial charge in [-0.1, -0.05) is 61.8 Å². The van der Waals surface area contributed by atoms with E-state index in [2.05, 4.69) is 4.99 Å². The first kappa shape index (κ1) is 19.0. The summed E-state index contributed by atoms with van der Waals surface area (Å²) in [5, 5.41) is 1.06. The summed E-state index contributed by atoms with van der Waals surface area (Å²) in [7, 11) is -3.14. The van der Waals surface area contributed by atoms with Gasteiger partial charge in [-0.3, -0.25) is 4.79 Å².